The van der Waals surface area contributed by atoms with E-state index < -0.39 is 0 Å². The largest absolute Gasteiger partial charge is 0.462 e. The molecule has 0 fully saturated rings. The lowest BCUT2D eigenvalue weighted by Gasteiger charge is -2.18. The molecule has 1 rings (SSSR count). The summed E-state index contributed by atoms with van der Waals surface area (Å²) >= 11 is 0. The van der Waals surface area contributed by atoms with Gasteiger partial charge in [0, 0.05) is 18.7 Å². The molecule has 18 heavy (non-hydrogen) atoms. The molecule has 0 aliphatic rings. The Kier molecular flexibility index (Phi) is 5.36. The van der Waals surface area contributed by atoms with Gasteiger partial charge in [-0.05, 0) is 45.0 Å². The van der Waals surface area contributed by atoms with Crippen LogP contribution in [0.5, 0.6) is 0 Å². The average molecular weight is 249 g/mol. The Balaban J connectivity index is 2.82. The van der Waals surface area contributed by atoms with Crippen LogP contribution in [0.4, 0.5) is 0 Å². The van der Waals surface area contributed by atoms with Gasteiger partial charge in [0.1, 0.15) is 0 Å². The first-order valence-electron chi connectivity index (χ1n) is 6.20. The number of amides is 1. The van der Waals surface area contributed by atoms with Crippen molar-refractivity contribution in [2.24, 2.45) is 0 Å². The first-order chi connectivity index (χ1) is 8.63. The maximum absolute atomic E-state index is 12.0. The third-order valence-corrected chi connectivity index (χ3v) is 2.69. The summed E-state index contributed by atoms with van der Waals surface area (Å²) in [5.74, 6) is -0.380. The van der Waals surface area contributed by atoms with Gasteiger partial charge in [-0.1, -0.05) is 0 Å². The van der Waals surface area contributed by atoms with Crippen molar-refractivity contribution in [3.63, 3.8) is 0 Å². The summed E-state index contributed by atoms with van der Waals surface area (Å²) in [6.45, 7) is 7.34. The van der Waals surface area contributed by atoms with Crippen molar-refractivity contribution < 1.29 is 14.3 Å². The van der Waals surface area contributed by atoms with Crippen LogP contribution in [0.2, 0.25) is 0 Å². The third-order valence-electron chi connectivity index (χ3n) is 2.69. The number of hydrogen-bond acceptors (Lipinski definition) is 3. The van der Waals surface area contributed by atoms with Crippen molar-refractivity contribution in [1.82, 2.24) is 4.90 Å². The fourth-order valence-corrected chi connectivity index (χ4v) is 1.66. The molecule has 0 atom stereocenters. The second-order valence-corrected chi connectivity index (χ2v) is 3.78. The molecule has 1 aromatic rings. The zero-order valence-electron chi connectivity index (χ0n) is 11.1. The highest BCUT2D eigenvalue weighted by Gasteiger charge is 2.13. The molecular weight excluding hydrogens is 230 g/mol. The molecule has 4 heteroatoms. The Hall–Kier alpha value is -1.84. The van der Waals surface area contributed by atoms with Gasteiger partial charge in [-0.2, -0.15) is 0 Å². The van der Waals surface area contributed by atoms with Crippen LogP contribution in [0.15, 0.2) is 24.3 Å². The minimum Gasteiger partial charge on any atom is -0.462 e. The number of hydrogen-bond donors (Lipinski definition) is 0. The zero-order valence-corrected chi connectivity index (χ0v) is 11.1. The second kappa shape index (κ2) is 6.79. The summed E-state index contributed by atoms with van der Waals surface area (Å²) in [6, 6.07) is 6.56. The van der Waals surface area contributed by atoms with E-state index in [0.29, 0.717) is 30.8 Å². The SMILES string of the molecule is CCOC(=O)c1ccc(C(=O)N(CC)CC)cc1. The van der Waals surface area contributed by atoms with E-state index in [1.807, 2.05) is 13.8 Å². The topological polar surface area (TPSA) is 46.6 Å². The van der Waals surface area contributed by atoms with Gasteiger partial charge in [0.05, 0.1) is 12.2 Å². The Bertz CT molecular complexity index is 408. The molecule has 0 spiro atoms. The van der Waals surface area contributed by atoms with Gasteiger partial charge >= 0.3 is 5.97 Å². The van der Waals surface area contributed by atoms with Gasteiger partial charge in [0.2, 0.25) is 0 Å². The van der Waals surface area contributed by atoms with Gasteiger partial charge < -0.3 is 9.64 Å². The number of benzene rings is 1. The van der Waals surface area contributed by atoms with Crippen LogP contribution >= 0.6 is 0 Å². The molecule has 1 amide bonds. The molecule has 0 saturated heterocycles. The van der Waals surface area contributed by atoms with E-state index in [4.69, 9.17) is 4.74 Å². The summed E-state index contributed by atoms with van der Waals surface area (Å²) in [5, 5.41) is 0. The van der Waals surface area contributed by atoms with E-state index in [1.54, 1.807) is 36.1 Å². The van der Waals surface area contributed by atoms with Gasteiger partial charge in [-0.3, -0.25) is 4.79 Å². The van der Waals surface area contributed by atoms with Gasteiger partial charge in [-0.15, -0.1) is 0 Å². The van der Waals surface area contributed by atoms with Crippen molar-refractivity contribution >= 4 is 11.9 Å². The Morgan fingerprint density at radius 2 is 1.50 bits per heavy atom. The number of carbonyl (C=O) groups excluding carboxylic acids is 2. The summed E-state index contributed by atoms with van der Waals surface area (Å²) in [6.07, 6.45) is 0. The predicted octanol–water partition coefficient (Wildman–Crippen LogP) is 2.35. The number of esters is 1. The van der Waals surface area contributed by atoms with E-state index in [9.17, 15) is 9.59 Å². The number of rotatable bonds is 5. The molecular formula is C14H19NO3. The maximum atomic E-state index is 12.0. The second-order valence-electron chi connectivity index (χ2n) is 3.78. The van der Waals surface area contributed by atoms with Gasteiger partial charge in [-0.25, -0.2) is 4.79 Å². The summed E-state index contributed by atoms with van der Waals surface area (Å²) < 4.78 is 4.88. The monoisotopic (exact) mass is 249 g/mol. The van der Waals surface area contributed by atoms with Crippen LogP contribution in [0.1, 0.15) is 41.5 Å². The van der Waals surface area contributed by atoms with Crippen molar-refractivity contribution in [1.29, 1.82) is 0 Å². The van der Waals surface area contributed by atoms with Gasteiger partial charge in [0.15, 0.2) is 0 Å². The smallest absolute Gasteiger partial charge is 0.338 e. The molecule has 0 heterocycles. The Morgan fingerprint density at radius 3 is 1.94 bits per heavy atom. The van der Waals surface area contributed by atoms with Crippen LogP contribution in [0.25, 0.3) is 0 Å². The lowest BCUT2D eigenvalue weighted by atomic mass is 10.1. The Morgan fingerprint density at radius 1 is 1.00 bits per heavy atom. The minimum absolute atomic E-state index is 0.0181. The standard InChI is InChI=1S/C14H19NO3/c1-4-15(5-2)13(16)11-7-9-12(10-8-11)14(17)18-6-3/h7-10H,4-6H2,1-3H3. The van der Waals surface area contributed by atoms with E-state index in [1.165, 1.54) is 0 Å². The number of carbonyl (C=O) groups is 2. The molecule has 4 nitrogen and oxygen atoms in total. The fourth-order valence-electron chi connectivity index (χ4n) is 1.66. The first-order valence-corrected chi connectivity index (χ1v) is 6.20. The third kappa shape index (κ3) is 3.32. The lowest BCUT2D eigenvalue weighted by molar-refractivity contribution is 0.0525. The highest BCUT2D eigenvalue weighted by molar-refractivity contribution is 5.96. The molecule has 0 saturated carbocycles. The van der Waals surface area contributed by atoms with Crippen LogP contribution in [0, 0.1) is 0 Å². The highest BCUT2D eigenvalue weighted by atomic mass is 16.5. The molecule has 0 aromatic heterocycles. The van der Waals surface area contributed by atoms with E-state index >= 15 is 0 Å². The average Bonchev–Trinajstić information content (AvgIpc) is 2.40. The molecule has 0 radical (unpaired) electrons. The van der Waals surface area contributed by atoms with E-state index in [0.717, 1.165) is 0 Å². The summed E-state index contributed by atoms with van der Waals surface area (Å²) in [7, 11) is 0. The molecule has 0 unspecified atom stereocenters. The van der Waals surface area contributed by atoms with Crippen LogP contribution in [-0.4, -0.2) is 36.5 Å². The number of ether oxygens (including phenoxy) is 1. The normalized spacial score (nSPS) is 9.94. The van der Waals surface area contributed by atoms with E-state index in [2.05, 4.69) is 0 Å². The minimum atomic E-state index is -0.362. The predicted molar refractivity (Wildman–Crippen MR) is 69.7 cm³/mol. The maximum Gasteiger partial charge on any atom is 0.338 e. The fraction of sp³-hybridized carbons (Fsp3) is 0.429. The lowest BCUT2D eigenvalue weighted by Crippen LogP contribution is -2.30. The van der Waals surface area contributed by atoms with Crippen molar-refractivity contribution in [2.75, 3.05) is 19.7 Å². The quantitative estimate of drug-likeness (QED) is 0.752. The number of nitrogens with zero attached hydrogens (tertiary/aromatic N) is 1. The van der Waals surface area contributed by atoms with Crippen molar-refractivity contribution in [3.05, 3.63) is 35.4 Å². The molecule has 0 aliphatic heterocycles. The summed E-state index contributed by atoms with van der Waals surface area (Å²) in [4.78, 5) is 25.2. The van der Waals surface area contributed by atoms with E-state index in [-0.39, 0.29) is 11.9 Å². The zero-order chi connectivity index (χ0) is 13.5. The van der Waals surface area contributed by atoms with Crippen LogP contribution in [-0.2, 0) is 4.74 Å². The van der Waals surface area contributed by atoms with Crippen molar-refractivity contribution in [3.8, 4) is 0 Å². The molecule has 98 valence electrons. The summed E-state index contributed by atoms with van der Waals surface area (Å²) in [5.41, 5.74) is 1.06. The Labute approximate surface area is 108 Å². The molecule has 0 aliphatic carbocycles. The molecule has 1 aromatic carbocycles. The van der Waals surface area contributed by atoms with Crippen LogP contribution in [0.3, 0.4) is 0 Å². The highest BCUT2D eigenvalue weighted by Crippen LogP contribution is 2.09. The first kappa shape index (κ1) is 14.2. The van der Waals surface area contributed by atoms with Gasteiger partial charge in [0.25, 0.3) is 5.91 Å². The van der Waals surface area contributed by atoms with Crippen molar-refractivity contribution in [2.45, 2.75) is 20.8 Å². The van der Waals surface area contributed by atoms with Crippen LogP contribution < -0.4 is 0 Å². The molecule has 0 N–H and O–H groups in total. The molecule has 0 bridgehead atoms.